The molecule has 2 aliphatic rings. The third-order valence-corrected chi connectivity index (χ3v) is 5.85. The van der Waals surface area contributed by atoms with E-state index in [-0.39, 0.29) is 17.7 Å². The summed E-state index contributed by atoms with van der Waals surface area (Å²) in [5.74, 6) is 0.951. The monoisotopic (exact) mass is 428 g/mol. The molecule has 0 saturated heterocycles. The minimum Gasteiger partial charge on any atom is -0.323 e. The van der Waals surface area contributed by atoms with Crippen LogP contribution >= 0.6 is 0 Å². The van der Waals surface area contributed by atoms with Crippen molar-refractivity contribution in [2.24, 2.45) is 0 Å². The normalized spacial score (nSPS) is 17.9. The van der Waals surface area contributed by atoms with Crippen LogP contribution in [0.3, 0.4) is 0 Å². The summed E-state index contributed by atoms with van der Waals surface area (Å²) in [7, 11) is 0. The van der Waals surface area contributed by atoms with Crippen molar-refractivity contribution in [2.45, 2.75) is 44.5 Å². The first-order valence-electron chi connectivity index (χ1n) is 10.3. The topological polar surface area (TPSA) is 53.6 Å². The van der Waals surface area contributed by atoms with Gasteiger partial charge in [0.2, 0.25) is 0 Å². The van der Waals surface area contributed by atoms with Crippen LogP contribution in [0, 0.1) is 0 Å². The summed E-state index contributed by atoms with van der Waals surface area (Å²) in [6.45, 7) is 0. The fourth-order valence-corrected chi connectivity index (χ4v) is 4.34. The first kappa shape index (κ1) is 19.8. The molecule has 31 heavy (non-hydrogen) atoms. The Morgan fingerprint density at radius 1 is 1.03 bits per heavy atom. The molecule has 0 saturated carbocycles. The Balaban J connectivity index is 1.61. The first-order chi connectivity index (χ1) is 14.9. The number of hydrogen-bond acceptors (Lipinski definition) is 3. The van der Waals surface area contributed by atoms with Crippen LogP contribution in [-0.2, 0) is 25.4 Å². The number of anilines is 2. The van der Waals surface area contributed by atoms with Crippen molar-refractivity contribution < 1.29 is 17.6 Å². The Morgan fingerprint density at radius 2 is 1.84 bits per heavy atom. The zero-order chi connectivity index (χ0) is 21.6. The van der Waals surface area contributed by atoms with E-state index in [1.807, 2.05) is 0 Å². The van der Waals surface area contributed by atoms with E-state index in [1.54, 1.807) is 18.2 Å². The van der Waals surface area contributed by atoms with Crippen LogP contribution in [-0.4, -0.2) is 21.4 Å². The molecule has 4 nitrogen and oxygen atoms in total. The molecule has 0 fully saturated rings. The number of fused-ring (bicyclic) bond motifs is 2. The maximum atomic E-state index is 13.9. The van der Waals surface area contributed by atoms with Crippen molar-refractivity contribution in [1.29, 1.82) is 0 Å². The molecule has 2 aliphatic carbocycles. The van der Waals surface area contributed by atoms with Crippen LogP contribution in [0.4, 0.5) is 29.2 Å². The number of allylic oxidation sites excluding steroid dienone is 1. The van der Waals surface area contributed by atoms with Crippen LogP contribution in [0.15, 0.2) is 36.4 Å². The number of rotatable bonds is 3. The average Bonchev–Trinajstić information content (AvgIpc) is 3.15. The summed E-state index contributed by atoms with van der Waals surface area (Å²) in [6, 6.07) is 7.24. The van der Waals surface area contributed by atoms with Gasteiger partial charge in [-0.15, -0.1) is 0 Å². The van der Waals surface area contributed by atoms with Gasteiger partial charge in [0.05, 0.1) is 17.0 Å². The van der Waals surface area contributed by atoms with Gasteiger partial charge in [0, 0.05) is 17.5 Å². The number of alkyl halides is 4. The standard InChI is InChI=1S/C23H20F4N4/c24-14-9-10-19-17(12-14)22(31-30-19)29-21-15-6-2-1-5-13(15)11-20(28-21)16-7-3-4-8-18(16)23(25,26)27/h3-4,7-11,14H,1-2,5-6,12H2,(H2,28,29,30,31). The van der Waals surface area contributed by atoms with Gasteiger partial charge < -0.3 is 5.32 Å². The van der Waals surface area contributed by atoms with Crippen molar-refractivity contribution in [3.63, 3.8) is 0 Å². The lowest BCUT2D eigenvalue weighted by Crippen LogP contribution is -2.12. The number of halogens is 4. The van der Waals surface area contributed by atoms with Gasteiger partial charge in [-0.1, -0.05) is 18.2 Å². The third kappa shape index (κ3) is 3.71. The van der Waals surface area contributed by atoms with Gasteiger partial charge in [-0.05, 0) is 61.1 Å². The van der Waals surface area contributed by atoms with E-state index in [2.05, 4.69) is 20.5 Å². The Bertz CT molecular complexity index is 1160. The van der Waals surface area contributed by atoms with Gasteiger partial charge in [0.1, 0.15) is 12.0 Å². The highest BCUT2D eigenvalue weighted by molar-refractivity contribution is 5.72. The first-order valence-corrected chi connectivity index (χ1v) is 10.3. The molecule has 0 bridgehead atoms. The van der Waals surface area contributed by atoms with Crippen molar-refractivity contribution >= 4 is 17.7 Å². The lowest BCUT2D eigenvalue weighted by Gasteiger charge is -2.22. The fraction of sp³-hybridized carbons (Fsp3) is 0.304. The predicted molar refractivity (Wildman–Crippen MR) is 111 cm³/mol. The van der Waals surface area contributed by atoms with E-state index in [1.165, 1.54) is 18.2 Å². The lowest BCUT2D eigenvalue weighted by molar-refractivity contribution is -0.137. The van der Waals surface area contributed by atoms with Crippen LogP contribution in [0.5, 0.6) is 0 Å². The SMILES string of the molecule is FC1C=Cc2[nH]nc(Nc3nc(-c4ccccc4C(F)(F)F)cc4c3CCCC4)c2C1. The number of nitrogens with zero attached hydrogens (tertiary/aromatic N) is 2. The van der Waals surface area contributed by atoms with Crippen molar-refractivity contribution in [3.05, 3.63) is 64.4 Å². The molecular weight excluding hydrogens is 408 g/mol. The van der Waals surface area contributed by atoms with Gasteiger partial charge in [0.15, 0.2) is 5.82 Å². The lowest BCUT2D eigenvalue weighted by atomic mass is 9.90. The van der Waals surface area contributed by atoms with E-state index in [0.29, 0.717) is 17.2 Å². The van der Waals surface area contributed by atoms with Crippen molar-refractivity contribution in [3.8, 4) is 11.3 Å². The second-order valence-electron chi connectivity index (χ2n) is 7.91. The fourth-order valence-electron chi connectivity index (χ4n) is 4.34. The average molecular weight is 428 g/mol. The second kappa shape index (κ2) is 7.51. The Kier molecular flexibility index (Phi) is 4.79. The summed E-state index contributed by atoms with van der Waals surface area (Å²) in [4.78, 5) is 4.60. The maximum Gasteiger partial charge on any atom is 0.417 e. The number of nitrogens with one attached hydrogen (secondary N) is 2. The zero-order valence-electron chi connectivity index (χ0n) is 16.6. The van der Waals surface area contributed by atoms with E-state index in [4.69, 9.17) is 0 Å². The molecule has 5 rings (SSSR count). The smallest absolute Gasteiger partial charge is 0.323 e. The van der Waals surface area contributed by atoms with Crippen LogP contribution in [0.1, 0.15) is 40.8 Å². The van der Waals surface area contributed by atoms with Gasteiger partial charge in [0.25, 0.3) is 0 Å². The minimum atomic E-state index is -4.48. The second-order valence-corrected chi connectivity index (χ2v) is 7.91. The molecule has 0 aliphatic heterocycles. The van der Waals surface area contributed by atoms with E-state index in [9.17, 15) is 17.6 Å². The van der Waals surface area contributed by atoms with Crippen LogP contribution in [0.2, 0.25) is 0 Å². The molecule has 3 aromatic rings. The minimum absolute atomic E-state index is 0.0437. The number of aromatic amines is 1. The van der Waals surface area contributed by atoms with E-state index in [0.717, 1.165) is 48.6 Å². The molecule has 1 atom stereocenters. The Labute approximate surface area is 176 Å². The van der Waals surface area contributed by atoms with Gasteiger partial charge in [-0.2, -0.15) is 18.3 Å². The molecule has 2 heterocycles. The van der Waals surface area contributed by atoms with Gasteiger partial charge >= 0.3 is 6.18 Å². The Morgan fingerprint density at radius 3 is 2.68 bits per heavy atom. The van der Waals surface area contributed by atoms with Crippen molar-refractivity contribution in [2.75, 3.05) is 5.32 Å². The summed E-state index contributed by atoms with van der Waals surface area (Å²) in [5.41, 5.74) is 3.01. The zero-order valence-corrected chi connectivity index (χ0v) is 16.6. The highest BCUT2D eigenvalue weighted by Gasteiger charge is 2.34. The van der Waals surface area contributed by atoms with Gasteiger partial charge in [-0.25, -0.2) is 9.37 Å². The summed E-state index contributed by atoms with van der Waals surface area (Å²) >= 11 is 0. The number of H-pyrrole nitrogens is 1. The number of hydrogen-bond donors (Lipinski definition) is 2. The van der Waals surface area contributed by atoms with Gasteiger partial charge in [-0.3, -0.25) is 5.10 Å². The summed E-state index contributed by atoms with van der Waals surface area (Å²) in [6.07, 6.45) is 1.25. The number of benzene rings is 1. The molecule has 0 spiro atoms. The molecule has 1 unspecified atom stereocenters. The molecule has 0 radical (unpaired) electrons. The van der Waals surface area contributed by atoms with E-state index < -0.39 is 17.9 Å². The van der Waals surface area contributed by atoms with Crippen LogP contribution in [0.25, 0.3) is 17.3 Å². The number of aromatic nitrogens is 3. The summed E-state index contributed by atoms with van der Waals surface area (Å²) < 4.78 is 54.7. The Hall–Kier alpha value is -3.16. The van der Waals surface area contributed by atoms with Crippen molar-refractivity contribution in [1.82, 2.24) is 15.2 Å². The quantitative estimate of drug-likeness (QED) is 0.502. The molecule has 1 aromatic carbocycles. The molecular formula is C23H20F4N4. The highest BCUT2D eigenvalue weighted by atomic mass is 19.4. The predicted octanol–water partition coefficient (Wildman–Crippen LogP) is 6.02. The molecule has 2 N–H and O–H groups in total. The molecule has 8 heteroatoms. The third-order valence-electron chi connectivity index (χ3n) is 5.85. The maximum absolute atomic E-state index is 13.9. The summed E-state index contributed by atoms with van der Waals surface area (Å²) in [5, 5.41) is 10.3. The molecule has 0 amide bonds. The number of aryl methyl sites for hydroxylation is 1. The number of pyridine rings is 1. The van der Waals surface area contributed by atoms with E-state index >= 15 is 0 Å². The highest BCUT2D eigenvalue weighted by Crippen LogP contribution is 2.39. The van der Waals surface area contributed by atoms with Crippen LogP contribution < -0.4 is 5.32 Å². The largest absolute Gasteiger partial charge is 0.417 e. The molecule has 160 valence electrons. The molecule has 2 aromatic heterocycles.